The number of nitrogen functional groups attached to an aromatic ring is 1. The van der Waals surface area contributed by atoms with Crippen molar-refractivity contribution in [1.82, 2.24) is 9.97 Å². The van der Waals surface area contributed by atoms with Crippen molar-refractivity contribution in [1.29, 1.82) is 0 Å². The van der Waals surface area contributed by atoms with Crippen LogP contribution < -0.4 is 5.73 Å². The molecule has 3 rings (SSSR count). The predicted molar refractivity (Wildman–Crippen MR) is 72.3 cm³/mol. The van der Waals surface area contributed by atoms with Crippen LogP contribution in [0.5, 0.6) is 0 Å². The fourth-order valence-electron chi connectivity index (χ4n) is 1.61. The lowest BCUT2D eigenvalue weighted by molar-refractivity contribution is 1.32. The summed E-state index contributed by atoms with van der Waals surface area (Å²) in [6.07, 6.45) is 3.33. The van der Waals surface area contributed by atoms with Gasteiger partial charge in [-0.3, -0.25) is 4.98 Å². The van der Waals surface area contributed by atoms with Gasteiger partial charge in [-0.2, -0.15) is 0 Å². The fourth-order valence-corrected chi connectivity index (χ4v) is 2.92. The van der Waals surface area contributed by atoms with Gasteiger partial charge < -0.3 is 5.73 Å². The van der Waals surface area contributed by atoms with Crippen molar-refractivity contribution in [2.75, 3.05) is 5.73 Å². The van der Waals surface area contributed by atoms with E-state index in [0.717, 1.165) is 26.5 Å². The number of nitrogens with zero attached hydrogens (tertiary/aromatic N) is 2. The minimum atomic E-state index is 0.611. The van der Waals surface area contributed by atoms with Crippen molar-refractivity contribution in [3.05, 3.63) is 41.7 Å². The molecule has 3 nitrogen and oxygen atoms in total. The molecule has 0 bridgehead atoms. The minimum absolute atomic E-state index is 0.611. The van der Waals surface area contributed by atoms with E-state index in [2.05, 4.69) is 9.97 Å². The Bertz CT molecular complexity index is 693. The van der Waals surface area contributed by atoms with E-state index < -0.39 is 0 Å². The molecule has 2 heterocycles. The summed E-state index contributed by atoms with van der Waals surface area (Å²) in [7, 11) is 0. The summed E-state index contributed by atoms with van der Waals surface area (Å²) in [6, 6.07) is 7.55. The summed E-state index contributed by atoms with van der Waals surface area (Å²) >= 11 is 7.67. The highest BCUT2D eigenvalue weighted by atomic mass is 35.5. The summed E-state index contributed by atoms with van der Waals surface area (Å²) < 4.78 is 1.06. The largest absolute Gasteiger partial charge is 0.399 e. The smallest absolute Gasteiger partial charge is 0.126 e. The Balaban J connectivity index is 2.22. The van der Waals surface area contributed by atoms with E-state index in [4.69, 9.17) is 17.3 Å². The van der Waals surface area contributed by atoms with Gasteiger partial charge in [0.05, 0.1) is 15.2 Å². The third-order valence-electron chi connectivity index (χ3n) is 2.42. The number of hydrogen-bond donors (Lipinski definition) is 1. The number of halogens is 1. The molecule has 0 fully saturated rings. The number of benzene rings is 1. The Morgan fingerprint density at radius 2 is 2.12 bits per heavy atom. The topological polar surface area (TPSA) is 51.8 Å². The molecular weight excluding hydrogens is 254 g/mol. The van der Waals surface area contributed by atoms with Gasteiger partial charge in [0, 0.05) is 23.6 Å². The quantitative estimate of drug-likeness (QED) is 0.681. The normalized spacial score (nSPS) is 10.9. The molecule has 5 heteroatoms. The second kappa shape index (κ2) is 3.98. The molecule has 0 aliphatic carbocycles. The van der Waals surface area contributed by atoms with Crippen molar-refractivity contribution < 1.29 is 0 Å². The number of fused-ring (bicyclic) bond motifs is 1. The third kappa shape index (κ3) is 1.85. The van der Waals surface area contributed by atoms with Crippen molar-refractivity contribution in [2.24, 2.45) is 0 Å². The van der Waals surface area contributed by atoms with E-state index in [1.54, 1.807) is 23.7 Å². The van der Waals surface area contributed by atoms with Crippen LogP contribution in [0.2, 0.25) is 5.02 Å². The van der Waals surface area contributed by atoms with Crippen molar-refractivity contribution in [3.63, 3.8) is 0 Å². The number of aromatic nitrogens is 2. The van der Waals surface area contributed by atoms with Gasteiger partial charge in [0.15, 0.2) is 0 Å². The number of thiazole rings is 1. The van der Waals surface area contributed by atoms with Crippen LogP contribution in [0.3, 0.4) is 0 Å². The SMILES string of the molecule is Nc1ccc2nc(-c3ccncc3Cl)sc2c1. The second-order valence-corrected chi connectivity index (χ2v) is 5.04. The molecule has 1 aromatic carbocycles. The molecule has 0 saturated carbocycles. The van der Waals surface area contributed by atoms with E-state index >= 15 is 0 Å². The van der Waals surface area contributed by atoms with Crippen molar-refractivity contribution in [2.45, 2.75) is 0 Å². The number of pyridine rings is 1. The molecule has 0 spiro atoms. The molecule has 3 aromatic rings. The van der Waals surface area contributed by atoms with E-state index in [-0.39, 0.29) is 0 Å². The molecule has 2 N–H and O–H groups in total. The average Bonchev–Trinajstić information content (AvgIpc) is 2.72. The van der Waals surface area contributed by atoms with Gasteiger partial charge in [-0.15, -0.1) is 11.3 Å². The van der Waals surface area contributed by atoms with Crippen LogP contribution in [0.4, 0.5) is 5.69 Å². The van der Waals surface area contributed by atoms with Gasteiger partial charge in [-0.25, -0.2) is 4.98 Å². The third-order valence-corrected chi connectivity index (χ3v) is 3.77. The highest BCUT2D eigenvalue weighted by molar-refractivity contribution is 7.21. The van der Waals surface area contributed by atoms with Crippen LogP contribution >= 0.6 is 22.9 Å². The maximum atomic E-state index is 6.10. The molecular formula is C12H8ClN3S. The summed E-state index contributed by atoms with van der Waals surface area (Å²) in [6.45, 7) is 0. The van der Waals surface area contributed by atoms with Crippen LogP contribution in [0, 0.1) is 0 Å². The first kappa shape index (κ1) is 10.5. The van der Waals surface area contributed by atoms with Gasteiger partial charge >= 0.3 is 0 Å². The second-order valence-electron chi connectivity index (χ2n) is 3.60. The van der Waals surface area contributed by atoms with Gasteiger partial charge in [-0.1, -0.05) is 11.6 Å². The predicted octanol–water partition coefficient (Wildman–Crippen LogP) is 3.59. The summed E-state index contributed by atoms with van der Waals surface area (Å²) in [5.41, 5.74) is 8.33. The number of nitrogens with two attached hydrogens (primary N) is 1. The summed E-state index contributed by atoms with van der Waals surface area (Å²) in [5.74, 6) is 0. The molecule has 84 valence electrons. The first-order valence-corrected chi connectivity index (χ1v) is 6.19. The number of hydrogen-bond acceptors (Lipinski definition) is 4. The number of rotatable bonds is 1. The Morgan fingerprint density at radius 3 is 2.94 bits per heavy atom. The molecule has 0 aliphatic heterocycles. The molecule has 0 aliphatic rings. The van der Waals surface area contributed by atoms with Gasteiger partial charge in [-0.05, 0) is 24.3 Å². The van der Waals surface area contributed by atoms with Crippen LogP contribution in [0.1, 0.15) is 0 Å². The van der Waals surface area contributed by atoms with E-state index in [1.165, 1.54) is 0 Å². The van der Waals surface area contributed by atoms with E-state index in [1.807, 2.05) is 24.3 Å². The van der Waals surface area contributed by atoms with Gasteiger partial charge in [0.25, 0.3) is 0 Å². The lowest BCUT2D eigenvalue weighted by Crippen LogP contribution is -1.81. The maximum absolute atomic E-state index is 6.10. The zero-order valence-electron chi connectivity index (χ0n) is 8.72. The highest BCUT2D eigenvalue weighted by Crippen LogP contribution is 2.34. The minimum Gasteiger partial charge on any atom is -0.399 e. The molecule has 0 saturated heterocycles. The van der Waals surface area contributed by atoms with Gasteiger partial charge in [0.1, 0.15) is 5.01 Å². The highest BCUT2D eigenvalue weighted by Gasteiger charge is 2.09. The van der Waals surface area contributed by atoms with Crippen LogP contribution in [-0.4, -0.2) is 9.97 Å². The summed E-state index contributed by atoms with van der Waals surface area (Å²) in [4.78, 5) is 8.50. The molecule has 17 heavy (non-hydrogen) atoms. The Kier molecular flexibility index (Phi) is 2.46. The standard InChI is InChI=1S/C12H8ClN3S/c13-9-6-15-4-3-8(9)12-16-10-2-1-7(14)5-11(10)17-12/h1-6H,14H2. The average molecular weight is 262 g/mol. The summed E-state index contributed by atoms with van der Waals surface area (Å²) in [5, 5.41) is 1.50. The monoisotopic (exact) mass is 261 g/mol. The zero-order valence-corrected chi connectivity index (χ0v) is 10.3. The molecule has 0 radical (unpaired) electrons. The first-order valence-electron chi connectivity index (χ1n) is 5.00. The molecule has 0 atom stereocenters. The maximum Gasteiger partial charge on any atom is 0.126 e. The van der Waals surface area contributed by atoms with Crippen LogP contribution in [0.25, 0.3) is 20.8 Å². The fraction of sp³-hybridized carbons (Fsp3) is 0. The van der Waals surface area contributed by atoms with Gasteiger partial charge in [0.2, 0.25) is 0 Å². The Morgan fingerprint density at radius 1 is 1.24 bits per heavy atom. The lowest BCUT2D eigenvalue weighted by Gasteiger charge is -1.96. The first-order chi connectivity index (χ1) is 8.24. The molecule has 2 aromatic heterocycles. The van der Waals surface area contributed by atoms with Crippen molar-refractivity contribution >= 4 is 38.8 Å². The number of anilines is 1. The molecule has 0 amide bonds. The Labute approximate surface area is 107 Å². The van der Waals surface area contributed by atoms with Crippen LogP contribution in [-0.2, 0) is 0 Å². The lowest BCUT2D eigenvalue weighted by atomic mass is 10.3. The molecule has 0 unspecified atom stereocenters. The Hall–Kier alpha value is -1.65. The van der Waals surface area contributed by atoms with Crippen molar-refractivity contribution in [3.8, 4) is 10.6 Å². The van der Waals surface area contributed by atoms with E-state index in [0.29, 0.717) is 5.02 Å². The van der Waals surface area contributed by atoms with Crippen LogP contribution in [0.15, 0.2) is 36.7 Å². The zero-order chi connectivity index (χ0) is 11.8. The van der Waals surface area contributed by atoms with E-state index in [9.17, 15) is 0 Å².